The van der Waals surface area contributed by atoms with Crippen molar-refractivity contribution in [3.05, 3.63) is 36.0 Å². The van der Waals surface area contributed by atoms with Gasteiger partial charge in [0, 0.05) is 29.3 Å². The number of aliphatic carboxylic acids is 1. The highest BCUT2D eigenvalue weighted by Crippen LogP contribution is 2.19. The Morgan fingerprint density at radius 2 is 1.61 bits per heavy atom. The van der Waals surface area contributed by atoms with E-state index >= 15 is 0 Å². The maximum Gasteiger partial charge on any atom is 0.326 e. The first kappa shape index (κ1) is 29.2. The van der Waals surface area contributed by atoms with Crippen LogP contribution in [0.15, 0.2) is 30.5 Å². The topological polar surface area (TPSA) is 166 Å². The number of rotatable bonds is 13. The largest absolute Gasteiger partial charge is 0.480 e. The smallest absolute Gasteiger partial charge is 0.326 e. The zero-order chi connectivity index (χ0) is 27.0. The highest BCUT2D eigenvalue weighted by Gasteiger charge is 2.32. The molecule has 0 aliphatic rings. The fourth-order valence-electron chi connectivity index (χ4n) is 3.83. The molecular formula is C25H37N5O5S. The quantitative estimate of drug-likeness (QED) is 0.196. The second kappa shape index (κ2) is 13.3. The maximum atomic E-state index is 13.3. The Morgan fingerprint density at radius 1 is 0.972 bits per heavy atom. The number of fused-ring (bicyclic) bond motifs is 1. The van der Waals surface area contributed by atoms with E-state index in [9.17, 15) is 24.3 Å². The van der Waals surface area contributed by atoms with E-state index in [2.05, 4.69) is 33.6 Å². The highest BCUT2D eigenvalue weighted by molar-refractivity contribution is 7.80. The fraction of sp³-hybridized carbons (Fsp3) is 0.520. The lowest BCUT2D eigenvalue weighted by molar-refractivity contribution is -0.142. The lowest BCUT2D eigenvalue weighted by Crippen LogP contribution is -2.59. The maximum absolute atomic E-state index is 13.3. The Labute approximate surface area is 216 Å². The summed E-state index contributed by atoms with van der Waals surface area (Å²) in [6.07, 6.45) is 2.11. The highest BCUT2D eigenvalue weighted by atomic mass is 32.1. The van der Waals surface area contributed by atoms with Crippen molar-refractivity contribution >= 4 is 47.2 Å². The van der Waals surface area contributed by atoms with Gasteiger partial charge in [-0.2, -0.15) is 12.6 Å². The number of nitrogens with one attached hydrogen (secondary N) is 4. The number of aromatic nitrogens is 1. The van der Waals surface area contributed by atoms with Crippen LogP contribution in [0.3, 0.4) is 0 Å². The van der Waals surface area contributed by atoms with Crippen LogP contribution in [0.25, 0.3) is 10.9 Å². The molecule has 198 valence electrons. The van der Waals surface area contributed by atoms with Gasteiger partial charge in [-0.1, -0.05) is 45.9 Å². The number of carboxylic acids is 1. The van der Waals surface area contributed by atoms with Gasteiger partial charge < -0.3 is 31.8 Å². The van der Waals surface area contributed by atoms with Crippen LogP contribution in [-0.4, -0.2) is 63.7 Å². The summed E-state index contributed by atoms with van der Waals surface area (Å²) in [7, 11) is 0. The van der Waals surface area contributed by atoms with Crippen molar-refractivity contribution in [2.45, 2.75) is 64.7 Å². The molecule has 0 fully saturated rings. The minimum Gasteiger partial charge on any atom is -0.480 e. The number of carbonyl (C=O) groups excluding carboxylic acids is 3. The summed E-state index contributed by atoms with van der Waals surface area (Å²) in [4.78, 5) is 53.7. The van der Waals surface area contributed by atoms with Crippen molar-refractivity contribution in [1.29, 1.82) is 0 Å². The van der Waals surface area contributed by atoms with Crippen LogP contribution >= 0.6 is 12.6 Å². The molecule has 0 bridgehead atoms. The van der Waals surface area contributed by atoms with Gasteiger partial charge in [-0.05, 0) is 29.9 Å². The molecule has 1 heterocycles. The normalized spacial score (nSPS) is 14.8. The molecule has 3 amide bonds. The van der Waals surface area contributed by atoms with Gasteiger partial charge in [0.25, 0.3) is 0 Å². The van der Waals surface area contributed by atoms with Crippen molar-refractivity contribution in [3.8, 4) is 0 Å². The Balaban J connectivity index is 2.32. The first-order valence-electron chi connectivity index (χ1n) is 12.0. The molecule has 36 heavy (non-hydrogen) atoms. The van der Waals surface area contributed by atoms with Gasteiger partial charge in [0.1, 0.15) is 18.1 Å². The predicted octanol–water partition coefficient (Wildman–Crippen LogP) is 1.21. The summed E-state index contributed by atoms with van der Waals surface area (Å²) < 4.78 is 0. The minimum absolute atomic E-state index is 0.0321. The zero-order valence-electron chi connectivity index (χ0n) is 21.1. The third kappa shape index (κ3) is 7.99. The molecule has 11 heteroatoms. The Morgan fingerprint density at radius 3 is 2.19 bits per heavy atom. The summed E-state index contributed by atoms with van der Waals surface area (Å²) in [5, 5.41) is 18.4. The number of hydrogen-bond donors (Lipinski definition) is 7. The summed E-state index contributed by atoms with van der Waals surface area (Å²) in [5.74, 6) is -3.03. The molecule has 0 saturated heterocycles. The number of amides is 3. The van der Waals surface area contributed by atoms with E-state index in [0.29, 0.717) is 0 Å². The average molecular weight is 520 g/mol. The summed E-state index contributed by atoms with van der Waals surface area (Å²) in [6.45, 7) is 7.24. The molecule has 0 radical (unpaired) electrons. The van der Waals surface area contributed by atoms with Crippen LogP contribution in [0.1, 0.15) is 39.7 Å². The molecule has 4 atom stereocenters. The number of benzene rings is 1. The number of para-hydroxylation sites is 1. The van der Waals surface area contributed by atoms with Gasteiger partial charge in [0.2, 0.25) is 17.7 Å². The Bertz CT molecular complexity index is 1070. The average Bonchev–Trinajstić information content (AvgIpc) is 3.22. The molecule has 0 aliphatic carbocycles. The lowest BCUT2D eigenvalue weighted by atomic mass is 9.99. The molecular weight excluding hydrogens is 482 g/mol. The molecule has 0 saturated carbocycles. The summed E-state index contributed by atoms with van der Waals surface area (Å²) >= 11 is 4.02. The van der Waals surface area contributed by atoms with Crippen molar-refractivity contribution in [2.75, 3.05) is 5.75 Å². The van der Waals surface area contributed by atoms with Gasteiger partial charge in [-0.25, -0.2) is 4.79 Å². The fourth-order valence-corrected chi connectivity index (χ4v) is 4.00. The zero-order valence-corrected chi connectivity index (χ0v) is 22.0. The van der Waals surface area contributed by atoms with Crippen LogP contribution in [-0.2, 0) is 25.6 Å². The summed E-state index contributed by atoms with van der Waals surface area (Å²) in [5.41, 5.74) is 7.39. The number of thiol groups is 1. The number of hydrogen-bond acceptors (Lipinski definition) is 6. The third-order valence-corrected chi connectivity index (χ3v) is 6.23. The van der Waals surface area contributed by atoms with Gasteiger partial charge in [0.05, 0.1) is 6.04 Å². The molecule has 7 N–H and O–H groups in total. The van der Waals surface area contributed by atoms with Gasteiger partial charge >= 0.3 is 5.97 Å². The first-order chi connectivity index (χ1) is 16.9. The van der Waals surface area contributed by atoms with Crippen molar-refractivity contribution < 1.29 is 24.3 Å². The molecule has 2 rings (SSSR count). The third-order valence-electron chi connectivity index (χ3n) is 5.83. The molecule has 2 aromatic rings. The number of carbonyl (C=O) groups is 4. The van der Waals surface area contributed by atoms with E-state index in [1.807, 2.05) is 38.1 Å². The number of carboxylic acid groups (broad SMARTS) is 1. The van der Waals surface area contributed by atoms with E-state index in [4.69, 9.17) is 5.73 Å². The molecule has 10 nitrogen and oxygen atoms in total. The first-order valence-corrected chi connectivity index (χ1v) is 12.6. The number of H-pyrrole nitrogens is 1. The van der Waals surface area contributed by atoms with Crippen LogP contribution in [0.2, 0.25) is 0 Å². The Hall–Kier alpha value is -3.05. The standard InChI is InChI=1S/C25H37N5O5S/c1-13(2)9-20(25(34)35)29-23(32)19(10-15-11-27-18-8-6-5-7-16(15)18)28-24(33)21(14(3)4)30-22(31)17(26)12-36/h5-8,11,13-14,17,19-21,27,36H,9-10,12,26H2,1-4H3,(H,28,33)(H,29,32)(H,30,31)(H,34,35). The number of aromatic amines is 1. The monoisotopic (exact) mass is 519 g/mol. The van der Waals surface area contributed by atoms with Crippen molar-refractivity contribution in [1.82, 2.24) is 20.9 Å². The van der Waals surface area contributed by atoms with E-state index in [1.54, 1.807) is 20.0 Å². The van der Waals surface area contributed by atoms with Crippen molar-refractivity contribution in [3.63, 3.8) is 0 Å². The minimum atomic E-state index is -1.15. The van der Waals surface area contributed by atoms with E-state index in [0.717, 1.165) is 16.5 Å². The van der Waals surface area contributed by atoms with Gasteiger partial charge in [0.15, 0.2) is 0 Å². The molecule has 1 aromatic heterocycles. The van der Waals surface area contributed by atoms with E-state index < -0.39 is 47.9 Å². The lowest BCUT2D eigenvalue weighted by Gasteiger charge is -2.27. The van der Waals surface area contributed by atoms with Crippen LogP contribution in [0.4, 0.5) is 0 Å². The second-order valence-electron chi connectivity index (χ2n) is 9.67. The second-order valence-corrected chi connectivity index (χ2v) is 10.0. The van der Waals surface area contributed by atoms with Gasteiger partial charge in [-0.15, -0.1) is 0 Å². The predicted molar refractivity (Wildman–Crippen MR) is 142 cm³/mol. The molecule has 1 aromatic carbocycles. The van der Waals surface area contributed by atoms with E-state index in [-0.39, 0.29) is 30.4 Å². The van der Waals surface area contributed by atoms with Crippen molar-refractivity contribution in [2.24, 2.45) is 17.6 Å². The van der Waals surface area contributed by atoms with Crippen LogP contribution in [0.5, 0.6) is 0 Å². The number of nitrogens with two attached hydrogens (primary N) is 1. The molecule has 0 spiro atoms. The van der Waals surface area contributed by atoms with Gasteiger partial charge in [-0.3, -0.25) is 14.4 Å². The SMILES string of the molecule is CC(C)CC(NC(=O)C(Cc1c[nH]c2ccccc12)NC(=O)C(NC(=O)C(N)CS)C(C)C)C(=O)O. The van der Waals surface area contributed by atoms with Crippen LogP contribution < -0.4 is 21.7 Å². The molecule has 0 aliphatic heterocycles. The van der Waals surface area contributed by atoms with E-state index in [1.165, 1.54) is 0 Å². The Kier molecular flexibility index (Phi) is 10.8. The van der Waals surface area contributed by atoms with Crippen LogP contribution in [0, 0.1) is 11.8 Å². The molecule has 4 unspecified atom stereocenters. The summed E-state index contributed by atoms with van der Waals surface area (Å²) in [6, 6.07) is 3.51.